The Morgan fingerprint density at radius 2 is 1.63 bits per heavy atom. The molecule has 4 fully saturated rings. The molecule has 6 rings (SSSR count). The molecule has 0 aliphatic heterocycles. The molecule has 1 aromatic heterocycles. The highest BCUT2D eigenvalue weighted by Crippen LogP contribution is 2.77. The van der Waals surface area contributed by atoms with Gasteiger partial charge in [-0.2, -0.15) is 0 Å². The number of carboxylic acid groups (broad SMARTS) is 1. The monoisotopic (exact) mass is 702 g/mol. The zero-order chi connectivity index (χ0) is 37.4. The molecular weight excluding hydrogens is 636 g/mol. The van der Waals surface area contributed by atoms with Gasteiger partial charge in [-0.05, 0) is 148 Å². The molecule has 9 atom stereocenters. The number of rotatable bonds is 10. The Kier molecular flexibility index (Phi) is 9.80. The first kappa shape index (κ1) is 38.2. The molecule has 0 saturated heterocycles. The fraction of sp³-hybridized carbons (Fsp3) is 0.773. The molecular formula is C44H66N2O5. The van der Waals surface area contributed by atoms with E-state index in [1.165, 1.54) is 12.0 Å². The second-order valence-electron chi connectivity index (χ2n) is 19.9. The van der Waals surface area contributed by atoms with Gasteiger partial charge in [-0.3, -0.25) is 19.4 Å². The van der Waals surface area contributed by atoms with Crippen LogP contribution in [-0.4, -0.2) is 40.5 Å². The first-order valence-electron chi connectivity index (χ1n) is 20.1. The number of carboxylic acids is 1. The Balaban J connectivity index is 1.25. The number of esters is 1. The fourth-order valence-electron chi connectivity index (χ4n) is 13.2. The number of allylic oxidation sites excluding steroid dienone is 2. The largest absolute Gasteiger partial charge is 0.481 e. The van der Waals surface area contributed by atoms with Gasteiger partial charge in [0.1, 0.15) is 6.10 Å². The number of fused-ring (bicyclic) bond motifs is 7. The van der Waals surface area contributed by atoms with Gasteiger partial charge in [-0.1, -0.05) is 54.0 Å². The van der Waals surface area contributed by atoms with Crippen LogP contribution in [0.15, 0.2) is 35.7 Å². The zero-order valence-electron chi connectivity index (χ0n) is 33.3. The molecule has 7 heteroatoms. The first-order chi connectivity index (χ1) is 23.7. The molecule has 0 aromatic carbocycles. The van der Waals surface area contributed by atoms with Crippen LogP contribution in [0, 0.1) is 56.2 Å². The number of hydrogen-bond acceptors (Lipinski definition) is 6. The van der Waals surface area contributed by atoms with Crippen molar-refractivity contribution in [3.63, 3.8) is 0 Å². The maximum atomic E-state index is 14.0. The van der Waals surface area contributed by atoms with Crippen molar-refractivity contribution in [1.29, 1.82) is 0 Å². The van der Waals surface area contributed by atoms with E-state index < -0.39 is 17.4 Å². The summed E-state index contributed by atoms with van der Waals surface area (Å²) < 4.78 is 6.18. The third-order valence-corrected chi connectivity index (χ3v) is 16.2. The Hall–Kier alpha value is -2.54. The van der Waals surface area contributed by atoms with E-state index in [9.17, 15) is 19.5 Å². The van der Waals surface area contributed by atoms with Crippen molar-refractivity contribution in [3.05, 3.63) is 41.2 Å². The van der Waals surface area contributed by atoms with Gasteiger partial charge < -0.3 is 15.2 Å². The van der Waals surface area contributed by atoms with Crippen molar-refractivity contribution in [2.45, 2.75) is 152 Å². The SMILES string of the molecule is CC(C)C1=C2[C@H]3CC[C@@H]4[C@@]5(C)CC[C@H](OC(=O)CC(C)(C)C(=O)O)C(C)(C)[C@@H]5CC[C@@]4(C)[C@]3(C)CC[C@@]2(CCN[C@@H](C)c2ccncc2)CC1=O. The maximum Gasteiger partial charge on any atom is 0.309 e. The summed E-state index contributed by atoms with van der Waals surface area (Å²) in [5, 5.41) is 13.4. The van der Waals surface area contributed by atoms with E-state index in [1.807, 2.05) is 12.4 Å². The maximum absolute atomic E-state index is 14.0. The van der Waals surface area contributed by atoms with Crippen LogP contribution in [0.5, 0.6) is 0 Å². The molecule has 1 aromatic rings. The fourth-order valence-corrected chi connectivity index (χ4v) is 13.2. The minimum atomic E-state index is -1.15. The van der Waals surface area contributed by atoms with Crippen LogP contribution >= 0.6 is 0 Å². The highest BCUT2D eigenvalue weighted by Gasteiger charge is 2.70. The van der Waals surface area contributed by atoms with E-state index >= 15 is 0 Å². The number of Topliss-reactive ketones (excluding diaryl/α,β-unsaturated/α-hetero) is 1. The minimum Gasteiger partial charge on any atom is -0.481 e. The van der Waals surface area contributed by atoms with Gasteiger partial charge in [-0.15, -0.1) is 0 Å². The number of nitrogens with zero attached hydrogens (tertiary/aromatic N) is 1. The minimum absolute atomic E-state index is 0.0464. The second-order valence-corrected chi connectivity index (χ2v) is 19.9. The standard InChI is InChI=1S/C44H66N2O5/c1-27(2)36-31(47)25-44(21-24-46-28(3)29-15-22-45-23-16-29)20-19-42(9)30(37(36)44)11-12-33-41(8)17-14-34(51-35(48)26-39(4,5)38(49)50)40(6,7)32(41)13-18-43(33,42)10/h15-16,22-23,27-28,30,32-34,46H,11-14,17-21,24-26H2,1-10H3,(H,49,50)/t28-,30+,32-,33+,34-,41-,42+,43+,44+/m0/s1. The van der Waals surface area contributed by atoms with Crippen LogP contribution in [-0.2, 0) is 19.1 Å². The number of nitrogens with one attached hydrogen (secondary N) is 1. The van der Waals surface area contributed by atoms with Crippen molar-refractivity contribution >= 4 is 17.7 Å². The normalized spacial score (nSPS) is 38.0. The molecule has 5 aliphatic rings. The number of carbonyl (C=O) groups excluding carboxylic acids is 2. The summed E-state index contributed by atoms with van der Waals surface area (Å²) >= 11 is 0. The van der Waals surface area contributed by atoms with E-state index in [4.69, 9.17) is 4.74 Å². The average molecular weight is 703 g/mol. The van der Waals surface area contributed by atoms with Crippen molar-refractivity contribution in [2.75, 3.05) is 6.54 Å². The number of carbonyl (C=O) groups is 3. The number of ketones is 1. The van der Waals surface area contributed by atoms with Crippen molar-refractivity contribution in [2.24, 2.45) is 56.2 Å². The highest BCUT2D eigenvalue weighted by molar-refractivity contribution is 6.00. The van der Waals surface area contributed by atoms with Crippen molar-refractivity contribution in [1.82, 2.24) is 10.3 Å². The topological polar surface area (TPSA) is 106 Å². The van der Waals surface area contributed by atoms with Gasteiger partial charge >= 0.3 is 11.9 Å². The molecule has 0 unspecified atom stereocenters. The van der Waals surface area contributed by atoms with Crippen molar-refractivity contribution < 1.29 is 24.2 Å². The third-order valence-electron chi connectivity index (χ3n) is 16.2. The van der Waals surface area contributed by atoms with Gasteiger partial charge in [0, 0.05) is 35.7 Å². The Morgan fingerprint density at radius 3 is 2.27 bits per heavy atom. The van der Waals surface area contributed by atoms with Crippen LogP contribution in [0.1, 0.15) is 151 Å². The smallest absolute Gasteiger partial charge is 0.309 e. The molecule has 0 bridgehead atoms. The second kappa shape index (κ2) is 13.1. The van der Waals surface area contributed by atoms with E-state index in [2.05, 4.69) is 77.8 Å². The molecule has 2 N–H and O–H groups in total. The average Bonchev–Trinajstić information content (AvgIpc) is 3.35. The Morgan fingerprint density at radius 1 is 0.941 bits per heavy atom. The number of hydrogen-bond donors (Lipinski definition) is 2. The first-order valence-corrected chi connectivity index (χ1v) is 20.1. The van der Waals surface area contributed by atoms with Crippen LogP contribution in [0.2, 0.25) is 0 Å². The summed E-state index contributed by atoms with van der Waals surface area (Å²) in [5.74, 6) is 0.660. The van der Waals surface area contributed by atoms with E-state index in [1.54, 1.807) is 19.4 Å². The lowest BCUT2D eigenvalue weighted by atomic mass is 9.33. The molecule has 282 valence electrons. The number of pyridine rings is 1. The van der Waals surface area contributed by atoms with Gasteiger partial charge in [0.2, 0.25) is 0 Å². The summed E-state index contributed by atoms with van der Waals surface area (Å²) in [6.45, 7) is 23.2. The van der Waals surface area contributed by atoms with Crippen LogP contribution < -0.4 is 5.32 Å². The van der Waals surface area contributed by atoms with Gasteiger partial charge in [0.25, 0.3) is 0 Å². The molecule has 1 heterocycles. The summed E-state index contributed by atoms with van der Waals surface area (Å²) in [6.07, 6.45) is 13.7. The van der Waals surface area contributed by atoms with Gasteiger partial charge in [0.05, 0.1) is 11.8 Å². The highest BCUT2D eigenvalue weighted by atomic mass is 16.5. The van der Waals surface area contributed by atoms with E-state index in [0.717, 1.165) is 63.5 Å². The van der Waals surface area contributed by atoms with Crippen molar-refractivity contribution in [3.8, 4) is 0 Å². The predicted molar refractivity (Wildman–Crippen MR) is 201 cm³/mol. The summed E-state index contributed by atoms with van der Waals surface area (Å²) in [4.78, 5) is 43.0. The van der Waals surface area contributed by atoms with Crippen LogP contribution in [0.3, 0.4) is 0 Å². The predicted octanol–water partition coefficient (Wildman–Crippen LogP) is 9.52. The molecule has 7 nitrogen and oxygen atoms in total. The third kappa shape index (κ3) is 6.04. The van der Waals surface area contributed by atoms with Gasteiger partial charge in [0.15, 0.2) is 5.78 Å². The Bertz CT molecular complexity index is 1560. The summed E-state index contributed by atoms with van der Waals surface area (Å²) in [7, 11) is 0. The molecule has 0 spiro atoms. The number of aromatic nitrogens is 1. The lowest BCUT2D eigenvalue weighted by molar-refractivity contribution is -0.233. The Labute approximate surface area is 307 Å². The molecule has 51 heavy (non-hydrogen) atoms. The van der Waals surface area contributed by atoms with Crippen LogP contribution in [0.25, 0.3) is 0 Å². The molecule has 4 saturated carbocycles. The van der Waals surface area contributed by atoms with E-state index in [0.29, 0.717) is 30.0 Å². The summed E-state index contributed by atoms with van der Waals surface area (Å²) in [5.41, 5.74) is 2.92. The number of ether oxygens (including phenoxy) is 1. The zero-order valence-corrected chi connectivity index (χ0v) is 33.3. The molecule has 0 amide bonds. The van der Waals surface area contributed by atoms with Gasteiger partial charge in [-0.25, -0.2) is 0 Å². The molecule has 0 radical (unpaired) electrons. The molecule has 5 aliphatic carbocycles. The number of aliphatic carboxylic acids is 1. The summed E-state index contributed by atoms with van der Waals surface area (Å²) in [6, 6.07) is 4.40. The quantitative estimate of drug-likeness (QED) is 0.234. The lowest BCUT2D eigenvalue weighted by Gasteiger charge is -2.72. The van der Waals surface area contributed by atoms with E-state index in [-0.39, 0.29) is 51.6 Å². The van der Waals surface area contributed by atoms with Crippen LogP contribution in [0.4, 0.5) is 0 Å². The lowest BCUT2D eigenvalue weighted by Crippen LogP contribution is -2.65.